The number of sulfonamides is 1. The first-order chi connectivity index (χ1) is 13.9. The quantitative estimate of drug-likeness (QED) is 0.494. The molecule has 0 spiro atoms. The number of aromatic carboxylic acids is 1. The molecular weight excluding hydrogens is 416 g/mol. The van der Waals surface area contributed by atoms with Crippen molar-refractivity contribution in [1.82, 2.24) is 4.98 Å². The first-order valence-corrected chi connectivity index (χ1v) is 10.2. The second kappa shape index (κ2) is 7.23. The molecule has 9 heteroatoms. The van der Waals surface area contributed by atoms with E-state index in [1.165, 1.54) is 12.1 Å². The smallest absolute Gasteiger partial charge is 0.337 e. The number of hydrogen-bond acceptors (Lipinski definition) is 5. The minimum atomic E-state index is -4.27. The molecule has 0 radical (unpaired) electrons. The van der Waals surface area contributed by atoms with Gasteiger partial charge in [0.15, 0.2) is 5.58 Å². The Balaban J connectivity index is 1.93. The van der Waals surface area contributed by atoms with Gasteiger partial charge in [0.25, 0.3) is 10.0 Å². The predicted molar refractivity (Wildman–Crippen MR) is 108 cm³/mol. The van der Waals surface area contributed by atoms with Crippen LogP contribution in [0.4, 0.5) is 11.7 Å². The molecule has 0 amide bonds. The normalized spacial score (nSPS) is 11.5. The zero-order valence-electron chi connectivity index (χ0n) is 14.7. The molecule has 0 aliphatic rings. The van der Waals surface area contributed by atoms with Crippen LogP contribution < -0.4 is 4.31 Å². The van der Waals surface area contributed by atoms with Crippen LogP contribution in [0.1, 0.15) is 10.4 Å². The third-order valence-corrected chi connectivity index (χ3v) is 6.18. The number of benzene rings is 3. The zero-order valence-corrected chi connectivity index (χ0v) is 16.3. The second-order valence-electron chi connectivity index (χ2n) is 6.02. The van der Waals surface area contributed by atoms with Crippen molar-refractivity contribution in [2.24, 2.45) is 0 Å². The molecule has 1 aromatic heterocycles. The molecular formula is C20H13ClN2O5S. The Morgan fingerprint density at radius 2 is 1.69 bits per heavy atom. The fourth-order valence-corrected chi connectivity index (χ4v) is 4.40. The summed E-state index contributed by atoms with van der Waals surface area (Å²) in [5.74, 6) is -1.33. The summed E-state index contributed by atoms with van der Waals surface area (Å²) in [6, 6.07) is 18.4. The molecule has 0 saturated heterocycles. The summed E-state index contributed by atoms with van der Waals surface area (Å²) in [4.78, 5) is 15.4. The van der Waals surface area contributed by atoms with E-state index in [1.54, 1.807) is 54.6 Å². The van der Waals surface area contributed by atoms with Crippen molar-refractivity contribution in [3.8, 4) is 0 Å². The maximum absolute atomic E-state index is 13.5. The monoisotopic (exact) mass is 428 g/mol. The van der Waals surface area contributed by atoms with Gasteiger partial charge in [0.1, 0.15) is 5.52 Å². The van der Waals surface area contributed by atoms with E-state index in [1.807, 2.05) is 0 Å². The molecule has 0 aliphatic heterocycles. The lowest BCUT2D eigenvalue weighted by Gasteiger charge is -2.21. The van der Waals surface area contributed by atoms with Gasteiger partial charge in [-0.25, -0.2) is 13.2 Å². The number of nitrogens with zero attached hydrogens (tertiary/aromatic N) is 2. The Hall–Kier alpha value is -3.36. The van der Waals surface area contributed by atoms with Crippen molar-refractivity contribution in [3.05, 3.63) is 83.4 Å². The van der Waals surface area contributed by atoms with Gasteiger partial charge >= 0.3 is 12.0 Å². The standard InChI is InChI=1S/C20H13ClN2O5S/c21-16-11-10-14(12-15(16)19(24)25)29(26,27)23(13-6-2-1-3-7-13)20-22-17-8-4-5-9-18(17)28-20/h1-12H,(H,24,25). The fraction of sp³-hybridized carbons (Fsp3) is 0. The number of carboxylic acids is 1. The summed E-state index contributed by atoms with van der Waals surface area (Å²) < 4.78 is 33.6. The zero-order chi connectivity index (χ0) is 20.6. The molecule has 0 atom stereocenters. The van der Waals surface area contributed by atoms with E-state index >= 15 is 0 Å². The van der Waals surface area contributed by atoms with Crippen molar-refractivity contribution in [2.75, 3.05) is 4.31 Å². The summed E-state index contributed by atoms with van der Waals surface area (Å²) in [6.45, 7) is 0. The topological polar surface area (TPSA) is 101 Å². The van der Waals surface area contributed by atoms with Gasteiger partial charge in [0.05, 0.1) is 21.2 Å². The number of hydrogen-bond donors (Lipinski definition) is 1. The van der Waals surface area contributed by atoms with Crippen LogP contribution in [-0.2, 0) is 10.0 Å². The number of anilines is 2. The number of aromatic nitrogens is 1. The van der Waals surface area contributed by atoms with Crippen LogP contribution in [0.5, 0.6) is 0 Å². The first-order valence-electron chi connectivity index (χ1n) is 8.37. The minimum Gasteiger partial charge on any atom is -0.478 e. The van der Waals surface area contributed by atoms with Gasteiger partial charge in [0, 0.05) is 0 Å². The molecule has 29 heavy (non-hydrogen) atoms. The van der Waals surface area contributed by atoms with Crippen LogP contribution in [-0.4, -0.2) is 24.5 Å². The molecule has 1 heterocycles. The molecule has 0 unspecified atom stereocenters. The van der Waals surface area contributed by atoms with E-state index in [2.05, 4.69) is 4.98 Å². The second-order valence-corrected chi connectivity index (χ2v) is 8.21. The Morgan fingerprint density at radius 1 is 1.00 bits per heavy atom. The Labute approximate surface area is 170 Å². The van der Waals surface area contributed by atoms with Crippen LogP contribution in [0.2, 0.25) is 5.02 Å². The molecule has 4 aromatic rings. The van der Waals surface area contributed by atoms with Crippen LogP contribution in [0, 0.1) is 0 Å². The van der Waals surface area contributed by atoms with E-state index in [-0.39, 0.29) is 27.2 Å². The van der Waals surface area contributed by atoms with Gasteiger partial charge in [-0.05, 0) is 42.5 Å². The number of rotatable bonds is 5. The Bertz CT molecular complexity index is 1290. The Morgan fingerprint density at radius 3 is 2.38 bits per heavy atom. The van der Waals surface area contributed by atoms with Crippen molar-refractivity contribution in [2.45, 2.75) is 4.90 Å². The van der Waals surface area contributed by atoms with Crippen LogP contribution in [0.3, 0.4) is 0 Å². The van der Waals surface area contributed by atoms with Crippen molar-refractivity contribution < 1.29 is 22.7 Å². The average Bonchev–Trinajstić information content (AvgIpc) is 3.12. The van der Waals surface area contributed by atoms with E-state index in [0.717, 1.165) is 10.4 Å². The van der Waals surface area contributed by atoms with E-state index in [4.69, 9.17) is 16.0 Å². The maximum Gasteiger partial charge on any atom is 0.337 e. The number of fused-ring (bicyclic) bond motifs is 1. The number of carbonyl (C=O) groups is 1. The molecule has 0 saturated carbocycles. The summed E-state index contributed by atoms with van der Waals surface area (Å²) in [5, 5.41) is 9.23. The third kappa shape index (κ3) is 3.43. The third-order valence-electron chi connectivity index (χ3n) is 4.15. The van der Waals surface area contributed by atoms with Crippen molar-refractivity contribution in [1.29, 1.82) is 0 Å². The molecule has 0 bridgehead atoms. The lowest BCUT2D eigenvalue weighted by molar-refractivity contribution is 0.0697. The van der Waals surface area contributed by atoms with Gasteiger partial charge in [0.2, 0.25) is 0 Å². The largest absolute Gasteiger partial charge is 0.478 e. The highest BCUT2D eigenvalue weighted by molar-refractivity contribution is 7.93. The van der Waals surface area contributed by atoms with E-state index in [0.29, 0.717) is 11.1 Å². The summed E-state index contributed by atoms with van der Waals surface area (Å²) in [7, 11) is -4.27. The molecule has 7 nitrogen and oxygen atoms in total. The lowest BCUT2D eigenvalue weighted by Crippen LogP contribution is -2.26. The van der Waals surface area contributed by atoms with Gasteiger partial charge in [-0.3, -0.25) is 0 Å². The highest BCUT2D eigenvalue weighted by atomic mass is 35.5. The number of carboxylic acid groups (broad SMARTS) is 1. The Kier molecular flexibility index (Phi) is 4.73. The summed E-state index contributed by atoms with van der Waals surface area (Å²) >= 11 is 5.89. The van der Waals surface area contributed by atoms with E-state index < -0.39 is 16.0 Å². The number of para-hydroxylation sites is 3. The maximum atomic E-state index is 13.5. The molecule has 0 fully saturated rings. The van der Waals surface area contributed by atoms with Gasteiger partial charge in [-0.15, -0.1) is 0 Å². The number of halogens is 1. The highest BCUT2D eigenvalue weighted by Crippen LogP contribution is 2.34. The minimum absolute atomic E-state index is 0.0652. The van der Waals surface area contributed by atoms with Gasteiger partial charge in [-0.2, -0.15) is 9.29 Å². The van der Waals surface area contributed by atoms with Crippen LogP contribution in [0.25, 0.3) is 11.1 Å². The van der Waals surface area contributed by atoms with Gasteiger partial charge < -0.3 is 9.52 Å². The molecule has 4 rings (SSSR count). The first kappa shape index (κ1) is 19.0. The average molecular weight is 429 g/mol. The van der Waals surface area contributed by atoms with Crippen molar-refractivity contribution >= 4 is 50.4 Å². The fourth-order valence-electron chi connectivity index (χ4n) is 2.80. The summed E-state index contributed by atoms with van der Waals surface area (Å²) in [6.07, 6.45) is 0. The molecule has 3 aromatic carbocycles. The molecule has 1 N–H and O–H groups in total. The predicted octanol–water partition coefficient (Wildman–Crippen LogP) is 4.71. The highest BCUT2D eigenvalue weighted by Gasteiger charge is 2.31. The summed E-state index contributed by atoms with van der Waals surface area (Å²) in [5.41, 5.74) is 0.867. The number of oxazole rings is 1. The molecule has 146 valence electrons. The lowest BCUT2D eigenvalue weighted by atomic mass is 10.2. The van der Waals surface area contributed by atoms with Gasteiger partial charge in [-0.1, -0.05) is 41.9 Å². The van der Waals surface area contributed by atoms with E-state index in [9.17, 15) is 18.3 Å². The van der Waals surface area contributed by atoms with Crippen LogP contribution >= 0.6 is 11.6 Å². The molecule has 0 aliphatic carbocycles. The SMILES string of the molecule is O=C(O)c1cc(S(=O)(=O)N(c2ccccc2)c2nc3ccccc3o2)ccc1Cl. The van der Waals surface area contributed by atoms with Crippen LogP contribution in [0.15, 0.2) is 82.1 Å². The van der Waals surface area contributed by atoms with Crippen molar-refractivity contribution in [3.63, 3.8) is 0 Å².